The molecule has 0 saturated carbocycles. The largest absolute Gasteiger partial charge is 0.493 e. The second kappa shape index (κ2) is 7.00. The Morgan fingerprint density at radius 2 is 1.77 bits per heavy atom. The van der Waals surface area contributed by atoms with Gasteiger partial charge in [-0.3, -0.25) is 9.20 Å². The third kappa shape index (κ3) is 2.77. The van der Waals surface area contributed by atoms with Gasteiger partial charge in [0.15, 0.2) is 17.1 Å². The van der Waals surface area contributed by atoms with Crippen LogP contribution in [0.15, 0.2) is 70.1 Å². The SMILES string of the molecule is COc1ccc(-c2noc(-c3cccn4c(=O)c5ccccc5nc34)n2)cc1OC. The van der Waals surface area contributed by atoms with Gasteiger partial charge in [0.05, 0.1) is 30.7 Å². The molecule has 0 aliphatic rings. The van der Waals surface area contributed by atoms with Crippen molar-refractivity contribution in [3.8, 4) is 34.3 Å². The zero-order valence-corrected chi connectivity index (χ0v) is 16.2. The number of pyridine rings is 1. The Balaban J connectivity index is 1.66. The fourth-order valence-electron chi connectivity index (χ4n) is 3.37. The van der Waals surface area contributed by atoms with Gasteiger partial charge in [-0.2, -0.15) is 4.98 Å². The molecule has 3 heterocycles. The third-order valence-electron chi connectivity index (χ3n) is 4.84. The van der Waals surface area contributed by atoms with Gasteiger partial charge in [0, 0.05) is 11.8 Å². The Kier molecular flexibility index (Phi) is 4.17. The van der Waals surface area contributed by atoms with Crippen LogP contribution < -0.4 is 15.0 Å². The van der Waals surface area contributed by atoms with Gasteiger partial charge >= 0.3 is 0 Å². The van der Waals surface area contributed by atoms with Gasteiger partial charge in [0.1, 0.15) is 0 Å². The number of benzene rings is 2. The zero-order chi connectivity index (χ0) is 20.7. The first-order valence-corrected chi connectivity index (χ1v) is 9.16. The number of hydrogen-bond donors (Lipinski definition) is 0. The lowest BCUT2D eigenvalue weighted by Gasteiger charge is -2.07. The van der Waals surface area contributed by atoms with Gasteiger partial charge in [-0.25, -0.2) is 4.98 Å². The smallest absolute Gasteiger partial charge is 0.265 e. The molecule has 5 aromatic rings. The molecule has 3 aromatic heterocycles. The van der Waals surface area contributed by atoms with Crippen molar-refractivity contribution in [3.05, 3.63) is 71.1 Å². The molecule has 8 nitrogen and oxygen atoms in total. The summed E-state index contributed by atoms with van der Waals surface area (Å²) >= 11 is 0. The molecule has 0 unspecified atom stereocenters. The van der Waals surface area contributed by atoms with Crippen molar-refractivity contribution in [2.75, 3.05) is 14.2 Å². The van der Waals surface area contributed by atoms with Crippen molar-refractivity contribution in [2.24, 2.45) is 0 Å². The Morgan fingerprint density at radius 1 is 0.933 bits per heavy atom. The Morgan fingerprint density at radius 3 is 2.60 bits per heavy atom. The monoisotopic (exact) mass is 400 g/mol. The number of para-hydroxylation sites is 1. The van der Waals surface area contributed by atoms with E-state index in [0.29, 0.717) is 45.0 Å². The number of ether oxygens (including phenoxy) is 2. The topological polar surface area (TPSA) is 91.8 Å². The summed E-state index contributed by atoms with van der Waals surface area (Å²) in [5, 5.41) is 4.63. The second-order valence-electron chi connectivity index (χ2n) is 6.54. The van der Waals surface area contributed by atoms with Gasteiger partial charge < -0.3 is 14.0 Å². The summed E-state index contributed by atoms with van der Waals surface area (Å²) < 4.78 is 17.6. The predicted molar refractivity (Wildman–Crippen MR) is 111 cm³/mol. The molecule has 2 aromatic carbocycles. The summed E-state index contributed by atoms with van der Waals surface area (Å²) in [7, 11) is 3.14. The van der Waals surface area contributed by atoms with Crippen molar-refractivity contribution >= 4 is 16.6 Å². The molecular formula is C22H16N4O4. The van der Waals surface area contributed by atoms with Crippen LogP contribution in [0.2, 0.25) is 0 Å². The van der Waals surface area contributed by atoms with E-state index in [1.807, 2.05) is 18.2 Å². The van der Waals surface area contributed by atoms with Gasteiger partial charge in [-0.05, 0) is 42.5 Å². The molecule has 0 fully saturated rings. The molecule has 0 radical (unpaired) electrons. The zero-order valence-electron chi connectivity index (χ0n) is 16.2. The number of rotatable bonds is 4. The van der Waals surface area contributed by atoms with Crippen LogP contribution in [0.4, 0.5) is 0 Å². The highest BCUT2D eigenvalue weighted by Crippen LogP contribution is 2.32. The van der Waals surface area contributed by atoms with Crippen LogP contribution >= 0.6 is 0 Å². The van der Waals surface area contributed by atoms with Gasteiger partial charge in [-0.15, -0.1) is 0 Å². The van der Waals surface area contributed by atoms with E-state index in [0.717, 1.165) is 0 Å². The molecule has 0 spiro atoms. The van der Waals surface area contributed by atoms with Crippen molar-refractivity contribution in [3.63, 3.8) is 0 Å². The fraction of sp³-hybridized carbons (Fsp3) is 0.0909. The molecule has 8 heteroatoms. The minimum atomic E-state index is -0.155. The van der Waals surface area contributed by atoms with E-state index < -0.39 is 0 Å². The highest BCUT2D eigenvalue weighted by molar-refractivity contribution is 5.83. The fourth-order valence-corrected chi connectivity index (χ4v) is 3.37. The quantitative estimate of drug-likeness (QED) is 0.426. The van der Waals surface area contributed by atoms with E-state index in [1.165, 1.54) is 4.40 Å². The summed E-state index contributed by atoms with van der Waals surface area (Å²) in [5.41, 5.74) is 2.17. The molecule has 0 atom stereocenters. The van der Waals surface area contributed by atoms with Crippen molar-refractivity contribution in [1.82, 2.24) is 19.5 Å². The Bertz CT molecular complexity index is 1460. The van der Waals surface area contributed by atoms with Crippen molar-refractivity contribution in [2.45, 2.75) is 0 Å². The highest BCUT2D eigenvalue weighted by atomic mass is 16.5. The first-order valence-electron chi connectivity index (χ1n) is 9.16. The molecular weight excluding hydrogens is 384 g/mol. The van der Waals surface area contributed by atoms with Crippen LogP contribution in [0.3, 0.4) is 0 Å². The minimum absolute atomic E-state index is 0.155. The number of hydrogen-bond acceptors (Lipinski definition) is 7. The number of aromatic nitrogens is 4. The summed E-state index contributed by atoms with van der Waals surface area (Å²) in [6, 6.07) is 16.1. The number of methoxy groups -OCH3 is 2. The van der Waals surface area contributed by atoms with Gasteiger partial charge in [0.25, 0.3) is 11.4 Å². The lowest BCUT2D eigenvalue weighted by atomic mass is 10.2. The van der Waals surface area contributed by atoms with E-state index in [-0.39, 0.29) is 11.4 Å². The molecule has 0 aliphatic carbocycles. The molecule has 0 amide bonds. The predicted octanol–water partition coefficient (Wildman–Crippen LogP) is 3.58. The molecule has 0 N–H and O–H groups in total. The number of nitrogens with zero attached hydrogens (tertiary/aromatic N) is 4. The summed E-state index contributed by atoms with van der Waals surface area (Å²) in [6.45, 7) is 0. The maximum absolute atomic E-state index is 12.9. The summed E-state index contributed by atoms with van der Waals surface area (Å²) in [4.78, 5) is 22.0. The standard InChI is InChI=1S/C22H16N4O4/c1-28-17-10-9-13(12-18(17)29-2)19-24-21(30-25-19)15-7-5-11-26-20(15)23-16-8-4-3-6-14(16)22(26)27/h3-12H,1-2H3. The highest BCUT2D eigenvalue weighted by Gasteiger charge is 2.17. The van der Waals surface area contributed by atoms with Gasteiger partial charge in [0.2, 0.25) is 5.82 Å². The van der Waals surface area contributed by atoms with E-state index in [2.05, 4.69) is 15.1 Å². The van der Waals surface area contributed by atoms with Crippen LogP contribution in [-0.2, 0) is 0 Å². The first kappa shape index (κ1) is 17.9. The molecule has 0 saturated heterocycles. The third-order valence-corrected chi connectivity index (χ3v) is 4.84. The molecule has 5 rings (SSSR count). The molecule has 148 valence electrons. The lowest BCUT2D eigenvalue weighted by Crippen LogP contribution is -2.15. The average molecular weight is 400 g/mol. The van der Waals surface area contributed by atoms with Crippen LogP contribution in [0, 0.1) is 0 Å². The maximum atomic E-state index is 12.9. The van der Waals surface area contributed by atoms with E-state index >= 15 is 0 Å². The lowest BCUT2D eigenvalue weighted by molar-refractivity contribution is 0.355. The molecule has 0 aliphatic heterocycles. The van der Waals surface area contributed by atoms with E-state index in [1.54, 1.807) is 56.8 Å². The van der Waals surface area contributed by atoms with E-state index in [4.69, 9.17) is 14.0 Å². The Hall–Kier alpha value is -4.20. The van der Waals surface area contributed by atoms with Crippen molar-refractivity contribution in [1.29, 1.82) is 0 Å². The Labute approximate surface area is 170 Å². The molecule has 30 heavy (non-hydrogen) atoms. The van der Waals surface area contributed by atoms with Gasteiger partial charge in [-0.1, -0.05) is 17.3 Å². The normalized spacial score (nSPS) is 11.1. The molecule has 0 bridgehead atoms. The second-order valence-corrected chi connectivity index (χ2v) is 6.54. The first-order chi connectivity index (χ1) is 14.7. The van der Waals surface area contributed by atoms with Crippen molar-refractivity contribution < 1.29 is 14.0 Å². The average Bonchev–Trinajstić information content (AvgIpc) is 3.28. The summed E-state index contributed by atoms with van der Waals surface area (Å²) in [5.74, 6) is 1.82. The minimum Gasteiger partial charge on any atom is -0.493 e. The maximum Gasteiger partial charge on any atom is 0.265 e. The number of fused-ring (bicyclic) bond motifs is 2. The van der Waals surface area contributed by atoms with Crippen LogP contribution in [-0.4, -0.2) is 33.7 Å². The van der Waals surface area contributed by atoms with Crippen LogP contribution in [0.25, 0.3) is 39.4 Å². The van der Waals surface area contributed by atoms with E-state index in [9.17, 15) is 4.79 Å². The summed E-state index contributed by atoms with van der Waals surface area (Å²) in [6.07, 6.45) is 1.67. The van der Waals surface area contributed by atoms with Crippen LogP contribution in [0.1, 0.15) is 0 Å². The van der Waals surface area contributed by atoms with Crippen LogP contribution in [0.5, 0.6) is 11.5 Å².